The monoisotopic (exact) mass is 480 g/mol. The van der Waals surface area contributed by atoms with E-state index in [1.54, 1.807) is 31.5 Å². The molecule has 3 aromatic carbocycles. The summed E-state index contributed by atoms with van der Waals surface area (Å²) in [6.07, 6.45) is 4.20. The molecule has 0 saturated carbocycles. The topological polar surface area (TPSA) is 68.9 Å². The molecule has 6 nitrogen and oxygen atoms in total. The number of rotatable bonds is 6. The summed E-state index contributed by atoms with van der Waals surface area (Å²) >= 11 is 0. The molecule has 180 valence electrons. The fourth-order valence-corrected chi connectivity index (χ4v) is 4.58. The Bertz CT molecular complexity index is 1630. The molecule has 0 atom stereocenters. The normalized spacial score (nSPS) is 11.1. The molecular weight excluding hydrogens is 455 g/mol. The lowest BCUT2D eigenvalue weighted by Gasteiger charge is -2.12. The Morgan fingerprint density at radius 1 is 1.00 bits per heavy atom. The van der Waals surface area contributed by atoms with Gasteiger partial charge in [0.25, 0.3) is 11.5 Å². The van der Waals surface area contributed by atoms with Gasteiger partial charge in [-0.3, -0.25) is 19.3 Å². The summed E-state index contributed by atoms with van der Waals surface area (Å²) in [6.45, 7) is 4.34. The number of fused-ring (bicyclic) bond motifs is 1. The summed E-state index contributed by atoms with van der Waals surface area (Å²) in [6, 6.07) is 21.3. The van der Waals surface area contributed by atoms with Crippen molar-refractivity contribution in [3.8, 4) is 16.8 Å². The molecule has 0 bridgehead atoms. The highest BCUT2D eigenvalue weighted by molar-refractivity contribution is 6.05. The van der Waals surface area contributed by atoms with Crippen LogP contribution in [0.2, 0.25) is 0 Å². The van der Waals surface area contributed by atoms with Crippen LogP contribution in [0.1, 0.15) is 29.4 Å². The zero-order valence-corrected chi connectivity index (χ0v) is 20.0. The number of benzene rings is 3. The second-order valence-corrected chi connectivity index (χ2v) is 8.59. The summed E-state index contributed by atoms with van der Waals surface area (Å²) in [4.78, 5) is 30.7. The maximum Gasteiger partial charge on any atom is 0.284 e. The van der Waals surface area contributed by atoms with Crippen LogP contribution in [-0.2, 0) is 6.54 Å². The second kappa shape index (κ2) is 9.62. The van der Waals surface area contributed by atoms with Crippen molar-refractivity contribution in [2.24, 2.45) is 0 Å². The highest BCUT2D eigenvalue weighted by atomic mass is 19.1. The molecule has 0 aliphatic rings. The molecule has 5 rings (SSSR count). The molecule has 2 aromatic heterocycles. The Balaban J connectivity index is 1.49. The maximum absolute atomic E-state index is 15.2. The number of nitrogens with zero attached hydrogens (tertiary/aromatic N) is 3. The number of pyridine rings is 1. The third kappa shape index (κ3) is 4.09. The average Bonchev–Trinajstić information content (AvgIpc) is 3.13. The van der Waals surface area contributed by atoms with Crippen molar-refractivity contribution in [1.29, 1.82) is 0 Å². The SMILES string of the molecule is CCCn1c(C)c(C(=O)Nc2ccc(-c3cccc4cnccc34)c(F)c2)c(=O)n1-c1ccccc1. The van der Waals surface area contributed by atoms with Crippen molar-refractivity contribution >= 4 is 22.4 Å². The van der Waals surface area contributed by atoms with E-state index in [0.29, 0.717) is 23.5 Å². The van der Waals surface area contributed by atoms with Gasteiger partial charge in [0.1, 0.15) is 11.4 Å². The van der Waals surface area contributed by atoms with Gasteiger partial charge < -0.3 is 5.32 Å². The van der Waals surface area contributed by atoms with Gasteiger partial charge in [-0.1, -0.05) is 43.3 Å². The van der Waals surface area contributed by atoms with E-state index >= 15 is 4.39 Å². The Kier molecular flexibility index (Phi) is 6.21. The number of hydrogen-bond acceptors (Lipinski definition) is 3. The largest absolute Gasteiger partial charge is 0.322 e. The van der Waals surface area contributed by atoms with Crippen LogP contribution >= 0.6 is 0 Å². The van der Waals surface area contributed by atoms with Crippen LogP contribution in [0.15, 0.2) is 90.0 Å². The Morgan fingerprint density at radius 3 is 2.56 bits per heavy atom. The van der Waals surface area contributed by atoms with Crippen LogP contribution in [0.3, 0.4) is 0 Å². The van der Waals surface area contributed by atoms with E-state index in [0.717, 1.165) is 22.8 Å². The first-order valence-corrected chi connectivity index (χ1v) is 11.8. The number of amides is 1. The fraction of sp³-hybridized carbons (Fsp3) is 0.138. The number of nitrogens with one attached hydrogen (secondary N) is 1. The van der Waals surface area contributed by atoms with Gasteiger partial charge in [0.15, 0.2) is 0 Å². The highest BCUT2D eigenvalue weighted by Crippen LogP contribution is 2.31. The van der Waals surface area contributed by atoms with Crippen LogP contribution < -0.4 is 10.9 Å². The van der Waals surface area contributed by atoms with E-state index in [-0.39, 0.29) is 11.3 Å². The quantitative estimate of drug-likeness (QED) is 0.326. The van der Waals surface area contributed by atoms with Gasteiger partial charge in [0, 0.05) is 35.6 Å². The van der Waals surface area contributed by atoms with E-state index in [1.807, 2.05) is 66.2 Å². The molecule has 0 radical (unpaired) electrons. The number of para-hydroxylation sites is 1. The average molecular weight is 481 g/mol. The highest BCUT2D eigenvalue weighted by Gasteiger charge is 2.24. The first-order chi connectivity index (χ1) is 17.5. The fourth-order valence-electron chi connectivity index (χ4n) is 4.58. The van der Waals surface area contributed by atoms with E-state index in [9.17, 15) is 9.59 Å². The lowest BCUT2D eigenvalue weighted by atomic mass is 9.99. The smallest absolute Gasteiger partial charge is 0.284 e. The van der Waals surface area contributed by atoms with Crippen LogP contribution in [0.4, 0.5) is 10.1 Å². The van der Waals surface area contributed by atoms with Gasteiger partial charge in [-0.25, -0.2) is 9.07 Å². The number of aromatic nitrogens is 3. The van der Waals surface area contributed by atoms with Crippen LogP contribution in [0.25, 0.3) is 27.6 Å². The molecule has 2 heterocycles. The predicted octanol–water partition coefficient (Wildman–Crippen LogP) is 5.96. The minimum Gasteiger partial charge on any atom is -0.322 e. The molecule has 7 heteroatoms. The number of anilines is 1. The first-order valence-electron chi connectivity index (χ1n) is 11.8. The van der Waals surface area contributed by atoms with Gasteiger partial charge in [-0.05, 0) is 60.7 Å². The lowest BCUT2D eigenvalue weighted by Crippen LogP contribution is -2.25. The van der Waals surface area contributed by atoms with Crippen molar-refractivity contribution in [1.82, 2.24) is 14.3 Å². The molecule has 5 aromatic rings. The Labute approximate surface area is 207 Å². The molecule has 0 saturated heterocycles. The molecule has 36 heavy (non-hydrogen) atoms. The standard InChI is InChI=1S/C29H25FN4O2/c1-3-16-33-19(2)27(29(36)34(33)22-9-5-4-6-10-22)28(35)32-21-12-13-25(26(30)17-21)24-11-7-8-20-18-31-15-14-23(20)24/h4-15,17-18H,3,16H2,1-2H3,(H,32,35). The zero-order chi connectivity index (χ0) is 25.2. The molecule has 0 aliphatic heterocycles. The summed E-state index contributed by atoms with van der Waals surface area (Å²) in [7, 11) is 0. The summed E-state index contributed by atoms with van der Waals surface area (Å²) in [5.74, 6) is -1.04. The minimum atomic E-state index is -0.569. The van der Waals surface area contributed by atoms with Gasteiger partial charge in [-0.15, -0.1) is 0 Å². The molecule has 0 spiro atoms. The van der Waals surface area contributed by atoms with Crippen molar-refractivity contribution in [2.45, 2.75) is 26.8 Å². The third-order valence-corrected chi connectivity index (χ3v) is 6.26. The molecular formula is C29H25FN4O2. The summed E-state index contributed by atoms with van der Waals surface area (Å²) in [5.41, 5.74) is 2.30. The molecule has 1 amide bonds. The van der Waals surface area contributed by atoms with E-state index in [4.69, 9.17) is 0 Å². The number of carbonyl (C=O) groups is 1. The number of halogens is 1. The van der Waals surface area contributed by atoms with Crippen molar-refractivity contribution in [2.75, 3.05) is 5.32 Å². The first kappa shape index (κ1) is 23.2. The van der Waals surface area contributed by atoms with Crippen molar-refractivity contribution < 1.29 is 9.18 Å². The van der Waals surface area contributed by atoms with Gasteiger partial charge in [0.2, 0.25) is 0 Å². The Hall–Kier alpha value is -4.52. The minimum absolute atomic E-state index is 0.0401. The molecule has 0 aliphatic carbocycles. The van der Waals surface area contributed by atoms with E-state index in [1.165, 1.54) is 10.7 Å². The van der Waals surface area contributed by atoms with Gasteiger partial charge in [0.05, 0.1) is 11.4 Å². The van der Waals surface area contributed by atoms with E-state index < -0.39 is 17.3 Å². The molecule has 0 fully saturated rings. The third-order valence-electron chi connectivity index (χ3n) is 6.26. The summed E-state index contributed by atoms with van der Waals surface area (Å²) in [5, 5.41) is 4.51. The summed E-state index contributed by atoms with van der Waals surface area (Å²) < 4.78 is 18.6. The van der Waals surface area contributed by atoms with Crippen LogP contribution in [0, 0.1) is 12.7 Å². The maximum atomic E-state index is 15.2. The predicted molar refractivity (Wildman–Crippen MR) is 140 cm³/mol. The van der Waals surface area contributed by atoms with Crippen LogP contribution in [0.5, 0.6) is 0 Å². The number of hydrogen-bond donors (Lipinski definition) is 1. The molecule has 1 N–H and O–H groups in total. The molecule has 0 unspecified atom stereocenters. The zero-order valence-electron chi connectivity index (χ0n) is 20.0. The van der Waals surface area contributed by atoms with Crippen LogP contribution in [-0.4, -0.2) is 20.3 Å². The van der Waals surface area contributed by atoms with Crippen molar-refractivity contribution in [3.63, 3.8) is 0 Å². The van der Waals surface area contributed by atoms with Gasteiger partial charge in [-0.2, -0.15) is 0 Å². The second-order valence-electron chi connectivity index (χ2n) is 8.59. The lowest BCUT2D eigenvalue weighted by molar-refractivity contribution is 0.102. The van der Waals surface area contributed by atoms with Gasteiger partial charge >= 0.3 is 0 Å². The van der Waals surface area contributed by atoms with Crippen molar-refractivity contribution in [3.05, 3.63) is 113 Å². The number of carbonyl (C=O) groups excluding carboxylic acids is 1. The Morgan fingerprint density at radius 2 is 1.81 bits per heavy atom. The van der Waals surface area contributed by atoms with E-state index in [2.05, 4.69) is 10.3 Å².